The van der Waals surface area contributed by atoms with Crippen molar-refractivity contribution in [1.82, 2.24) is 10.3 Å². The molecule has 1 heterocycles. The fraction of sp³-hybridized carbons (Fsp3) is 0.522. The molecule has 1 atom stereocenters. The van der Waals surface area contributed by atoms with Crippen LogP contribution in [0.5, 0.6) is 0 Å². The summed E-state index contributed by atoms with van der Waals surface area (Å²) in [4.78, 5) is 31.2. The first-order valence-corrected chi connectivity index (χ1v) is 11.6. The molecule has 1 fully saturated rings. The maximum Gasteiger partial charge on any atom is 0.257 e. The van der Waals surface area contributed by atoms with E-state index in [9.17, 15) is 9.59 Å². The van der Waals surface area contributed by atoms with Gasteiger partial charge in [-0.25, -0.2) is 4.98 Å². The minimum atomic E-state index is -0.191. The number of aromatic nitrogens is 1. The second-order valence-corrected chi connectivity index (χ2v) is 9.43. The molecule has 154 valence electrons. The number of amides is 2. The monoisotopic (exact) mass is 411 g/mol. The Bertz CT molecular complexity index is 869. The van der Waals surface area contributed by atoms with Gasteiger partial charge in [0, 0.05) is 17.0 Å². The number of anilines is 1. The molecule has 2 aromatic rings. The molecule has 0 aliphatic heterocycles. The zero-order valence-corrected chi connectivity index (χ0v) is 17.8. The Morgan fingerprint density at radius 2 is 1.83 bits per heavy atom. The van der Waals surface area contributed by atoms with Gasteiger partial charge in [-0.2, -0.15) is 0 Å². The van der Waals surface area contributed by atoms with Crippen LogP contribution < -0.4 is 10.6 Å². The lowest BCUT2D eigenvalue weighted by atomic mass is 9.88. The maximum absolute atomic E-state index is 12.9. The van der Waals surface area contributed by atoms with E-state index in [0.29, 0.717) is 16.6 Å². The summed E-state index contributed by atoms with van der Waals surface area (Å²) in [5.41, 5.74) is 2.60. The minimum Gasteiger partial charge on any atom is -0.355 e. The maximum atomic E-state index is 12.9. The van der Waals surface area contributed by atoms with Gasteiger partial charge in [0.1, 0.15) is 0 Å². The van der Waals surface area contributed by atoms with Crippen molar-refractivity contribution in [1.29, 1.82) is 0 Å². The predicted molar refractivity (Wildman–Crippen MR) is 117 cm³/mol. The standard InChI is InChI=1S/C23H29N3O2S/c1-15-10-12-17(13-11-15)21(27)26-23-25-20-18(8-5-9-19(20)29-23)22(28)24-14-16-6-3-2-4-7-16/h10-13,16,18H,2-9,14H2,1H3,(H,24,28)(H,25,26,27). The highest BCUT2D eigenvalue weighted by molar-refractivity contribution is 7.15. The molecule has 0 saturated heterocycles. The summed E-state index contributed by atoms with van der Waals surface area (Å²) in [6.45, 7) is 2.78. The Kier molecular flexibility index (Phi) is 6.28. The molecule has 0 radical (unpaired) electrons. The molecule has 29 heavy (non-hydrogen) atoms. The molecular weight excluding hydrogens is 382 g/mol. The molecule has 1 aromatic carbocycles. The molecule has 5 nitrogen and oxygen atoms in total. The van der Waals surface area contributed by atoms with Gasteiger partial charge in [-0.05, 0) is 57.1 Å². The second-order valence-electron chi connectivity index (χ2n) is 8.34. The van der Waals surface area contributed by atoms with Crippen molar-refractivity contribution >= 4 is 28.3 Å². The number of hydrogen-bond donors (Lipinski definition) is 2. The van der Waals surface area contributed by atoms with Crippen molar-refractivity contribution in [3.8, 4) is 0 Å². The first-order valence-electron chi connectivity index (χ1n) is 10.8. The highest BCUT2D eigenvalue weighted by Crippen LogP contribution is 2.37. The lowest BCUT2D eigenvalue weighted by molar-refractivity contribution is -0.123. The Morgan fingerprint density at radius 1 is 1.07 bits per heavy atom. The van der Waals surface area contributed by atoms with Gasteiger partial charge in [-0.1, -0.05) is 37.0 Å². The first kappa shape index (κ1) is 20.1. The number of nitrogens with one attached hydrogen (secondary N) is 2. The van der Waals surface area contributed by atoms with E-state index in [0.717, 1.165) is 41.9 Å². The van der Waals surface area contributed by atoms with Gasteiger partial charge < -0.3 is 5.32 Å². The molecule has 2 aliphatic rings. The smallest absolute Gasteiger partial charge is 0.257 e. The summed E-state index contributed by atoms with van der Waals surface area (Å²) in [7, 11) is 0. The molecule has 1 unspecified atom stereocenters. The Labute approximate surface area is 176 Å². The third kappa shape index (κ3) is 4.86. The van der Waals surface area contributed by atoms with E-state index in [1.807, 2.05) is 31.2 Å². The van der Waals surface area contributed by atoms with E-state index in [-0.39, 0.29) is 17.7 Å². The van der Waals surface area contributed by atoms with Crippen molar-refractivity contribution in [2.24, 2.45) is 5.92 Å². The summed E-state index contributed by atoms with van der Waals surface area (Å²) >= 11 is 1.51. The van der Waals surface area contributed by atoms with Gasteiger partial charge in [0.25, 0.3) is 5.91 Å². The Morgan fingerprint density at radius 3 is 2.59 bits per heavy atom. The van der Waals surface area contributed by atoms with Crippen LogP contribution in [0.2, 0.25) is 0 Å². The molecule has 2 aliphatic carbocycles. The molecule has 2 amide bonds. The van der Waals surface area contributed by atoms with Crippen LogP contribution in [-0.2, 0) is 11.2 Å². The summed E-state index contributed by atoms with van der Waals surface area (Å²) in [5, 5.41) is 6.69. The Hall–Kier alpha value is -2.21. The van der Waals surface area contributed by atoms with Gasteiger partial charge in [0.2, 0.25) is 5.91 Å². The lowest BCUT2D eigenvalue weighted by Crippen LogP contribution is -2.35. The summed E-state index contributed by atoms with van der Waals surface area (Å²) in [5.74, 6) is 0.367. The predicted octanol–water partition coefficient (Wildman–Crippen LogP) is 4.82. The number of carbonyl (C=O) groups is 2. The lowest BCUT2D eigenvalue weighted by Gasteiger charge is -2.24. The molecule has 6 heteroatoms. The zero-order valence-electron chi connectivity index (χ0n) is 17.0. The first-order chi connectivity index (χ1) is 14.1. The quantitative estimate of drug-likeness (QED) is 0.741. The van der Waals surface area contributed by atoms with Crippen LogP contribution >= 0.6 is 11.3 Å². The number of nitrogens with zero attached hydrogens (tertiary/aromatic N) is 1. The van der Waals surface area contributed by atoms with Crippen molar-refractivity contribution in [3.05, 3.63) is 46.0 Å². The number of hydrogen-bond acceptors (Lipinski definition) is 4. The van der Waals surface area contributed by atoms with E-state index in [1.165, 1.54) is 43.4 Å². The van der Waals surface area contributed by atoms with Gasteiger partial charge in [-0.3, -0.25) is 14.9 Å². The largest absolute Gasteiger partial charge is 0.355 e. The molecular formula is C23H29N3O2S. The van der Waals surface area contributed by atoms with E-state index in [1.54, 1.807) is 0 Å². The van der Waals surface area contributed by atoms with E-state index in [4.69, 9.17) is 0 Å². The van der Waals surface area contributed by atoms with E-state index >= 15 is 0 Å². The zero-order chi connectivity index (χ0) is 20.2. The van der Waals surface area contributed by atoms with Crippen molar-refractivity contribution in [2.45, 2.75) is 64.2 Å². The molecule has 4 rings (SSSR count). The van der Waals surface area contributed by atoms with Crippen LogP contribution in [0.25, 0.3) is 0 Å². The molecule has 1 aromatic heterocycles. The van der Waals surface area contributed by atoms with Crippen molar-refractivity contribution in [2.75, 3.05) is 11.9 Å². The molecule has 0 bridgehead atoms. The van der Waals surface area contributed by atoms with Gasteiger partial charge in [0.15, 0.2) is 5.13 Å². The number of thiazole rings is 1. The number of carbonyl (C=O) groups excluding carboxylic acids is 2. The molecule has 0 spiro atoms. The molecule has 1 saturated carbocycles. The Balaban J connectivity index is 1.41. The number of aryl methyl sites for hydroxylation is 2. The van der Waals surface area contributed by atoms with Gasteiger partial charge in [0.05, 0.1) is 11.6 Å². The van der Waals surface area contributed by atoms with Crippen LogP contribution in [0, 0.1) is 12.8 Å². The van der Waals surface area contributed by atoms with E-state index < -0.39 is 0 Å². The molecule has 2 N–H and O–H groups in total. The van der Waals surface area contributed by atoms with Crippen LogP contribution in [0.4, 0.5) is 5.13 Å². The SMILES string of the molecule is Cc1ccc(C(=O)Nc2nc3c(s2)CCCC3C(=O)NCC2CCCCC2)cc1. The second kappa shape index (κ2) is 9.08. The highest BCUT2D eigenvalue weighted by Gasteiger charge is 2.31. The van der Waals surface area contributed by atoms with Crippen molar-refractivity contribution in [3.63, 3.8) is 0 Å². The average Bonchev–Trinajstić information content (AvgIpc) is 3.15. The van der Waals surface area contributed by atoms with Gasteiger partial charge in [-0.15, -0.1) is 11.3 Å². The number of rotatable bonds is 5. The third-order valence-corrected chi connectivity index (χ3v) is 7.14. The van der Waals surface area contributed by atoms with Crippen LogP contribution in [-0.4, -0.2) is 23.3 Å². The van der Waals surface area contributed by atoms with Crippen molar-refractivity contribution < 1.29 is 9.59 Å². The topological polar surface area (TPSA) is 71.1 Å². The summed E-state index contributed by atoms with van der Waals surface area (Å²) < 4.78 is 0. The van der Waals surface area contributed by atoms with Crippen LogP contribution in [0.15, 0.2) is 24.3 Å². The van der Waals surface area contributed by atoms with E-state index in [2.05, 4.69) is 15.6 Å². The van der Waals surface area contributed by atoms with Gasteiger partial charge >= 0.3 is 0 Å². The third-order valence-electron chi connectivity index (χ3n) is 6.09. The average molecular weight is 412 g/mol. The van der Waals surface area contributed by atoms with Crippen LogP contribution in [0.3, 0.4) is 0 Å². The summed E-state index contributed by atoms with van der Waals surface area (Å²) in [6.07, 6.45) is 9.09. The fourth-order valence-corrected chi connectivity index (χ4v) is 5.42. The minimum absolute atomic E-state index is 0.0956. The highest BCUT2D eigenvalue weighted by atomic mass is 32.1. The van der Waals surface area contributed by atoms with Crippen LogP contribution in [0.1, 0.15) is 77.4 Å². The number of benzene rings is 1. The normalized spacial score (nSPS) is 19.4. The number of fused-ring (bicyclic) bond motifs is 1. The fourth-order valence-electron chi connectivity index (χ4n) is 4.36. The summed E-state index contributed by atoms with van der Waals surface area (Å²) in [6, 6.07) is 7.49.